The van der Waals surface area contributed by atoms with Crippen molar-refractivity contribution in [1.29, 1.82) is 5.26 Å². The number of nitrogens with one attached hydrogen (secondary N) is 1. The summed E-state index contributed by atoms with van der Waals surface area (Å²) < 4.78 is 0. The Kier molecular flexibility index (Phi) is 3.51. The molecule has 0 bridgehead atoms. The molecule has 0 saturated carbocycles. The molecule has 0 radical (unpaired) electrons. The van der Waals surface area contributed by atoms with Crippen LogP contribution in [0, 0.1) is 11.3 Å². The van der Waals surface area contributed by atoms with Gasteiger partial charge < -0.3 is 10.4 Å². The standard InChI is InChI=1S/C12H14N2O2/c1-12(2,7-11(15)16)14-10-5-3-9(8-13)4-6-10/h3-6,14H,7H2,1-2H3,(H,15,16). The minimum atomic E-state index is -0.842. The summed E-state index contributed by atoms with van der Waals surface area (Å²) in [5.74, 6) is -0.842. The number of rotatable bonds is 4. The Bertz CT molecular complexity index is 416. The van der Waals surface area contributed by atoms with E-state index in [-0.39, 0.29) is 6.42 Å². The summed E-state index contributed by atoms with van der Waals surface area (Å²) in [5, 5.41) is 20.5. The molecule has 0 amide bonds. The minimum Gasteiger partial charge on any atom is -0.481 e. The normalized spacial score (nSPS) is 10.6. The van der Waals surface area contributed by atoms with Gasteiger partial charge in [0, 0.05) is 11.2 Å². The predicted octanol–water partition coefficient (Wildman–Crippen LogP) is 2.22. The monoisotopic (exact) mass is 218 g/mol. The molecule has 2 N–H and O–H groups in total. The van der Waals surface area contributed by atoms with Gasteiger partial charge in [0.1, 0.15) is 0 Å². The Balaban J connectivity index is 2.72. The summed E-state index contributed by atoms with van der Waals surface area (Å²) >= 11 is 0. The maximum atomic E-state index is 10.6. The molecule has 0 fully saturated rings. The van der Waals surface area contributed by atoms with Crippen molar-refractivity contribution in [1.82, 2.24) is 0 Å². The van der Waals surface area contributed by atoms with Crippen LogP contribution < -0.4 is 5.32 Å². The largest absolute Gasteiger partial charge is 0.481 e. The molecule has 4 nitrogen and oxygen atoms in total. The fraction of sp³-hybridized carbons (Fsp3) is 0.333. The number of aliphatic carboxylic acids is 1. The van der Waals surface area contributed by atoms with Crippen LogP contribution in [0.5, 0.6) is 0 Å². The summed E-state index contributed by atoms with van der Waals surface area (Å²) in [4.78, 5) is 10.6. The Morgan fingerprint density at radius 2 is 2.00 bits per heavy atom. The van der Waals surface area contributed by atoms with E-state index in [9.17, 15) is 4.79 Å². The molecule has 1 aromatic carbocycles. The van der Waals surface area contributed by atoms with Crippen molar-refractivity contribution in [2.75, 3.05) is 5.32 Å². The van der Waals surface area contributed by atoms with Gasteiger partial charge >= 0.3 is 5.97 Å². The molecule has 16 heavy (non-hydrogen) atoms. The smallest absolute Gasteiger partial charge is 0.305 e. The first kappa shape index (κ1) is 12.1. The highest BCUT2D eigenvalue weighted by Crippen LogP contribution is 2.18. The van der Waals surface area contributed by atoms with E-state index in [1.807, 2.05) is 19.9 Å². The molecule has 0 unspecified atom stereocenters. The van der Waals surface area contributed by atoms with Crippen LogP contribution in [0.1, 0.15) is 25.8 Å². The van der Waals surface area contributed by atoms with Crippen LogP contribution in [0.4, 0.5) is 5.69 Å². The minimum absolute atomic E-state index is 0.0347. The molecule has 0 heterocycles. The van der Waals surface area contributed by atoms with Gasteiger partial charge in [-0.15, -0.1) is 0 Å². The Hall–Kier alpha value is -2.02. The average molecular weight is 218 g/mol. The third-order valence-electron chi connectivity index (χ3n) is 2.09. The number of hydrogen-bond donors (Lipinski definition) is 2. The van der Waals surface area contributed by atoms with Gasteiger partial charge in [0.2, 0.25) is 0 Å². The Morgan fingerprint density at radius 3 is 2.44 bits per heavy atom. The van der Waals surface area contributed by atoms with E-state index < -0.39 is 11.5 Å². The third-order valence-corrected chi connectivity index (χ3v) is 2.09. The summed E-state index contributed by atoms with van der Waals surface area (Å²) in [6.07, 6.45) is 0.0347. The highest BCUT2D eigenvalue weighted by atomic mass is 16.4. The van der Waals surface area contributed by atoms with Crippen LogP contribution in [0.2, 0.25) is 0 Å². The lowest BCUT2D eigenvalue weighted by atomic mass is 10.0. The molecule has 4 heteroatoms. The predicted molar refractivity (Wildman–Crippen MR) is 61.1 cm³/mol. The zero-order chi connectivity index (χ0) is 12.2. The van der Waals surface area contributed by atoms with Crippen molar-refractivity contribution in [2.24, 2.45) is 0 Å². The first-order valence-corrected chi connectivity index (χ1v) is 4.93. The van der Waals surface area contributed by atoms with E-state index in [2.05, 4.69) is 5.32 Å². The molecule has 0 saturated heterocycles. The first-order valence-electron chi connectivity index (χ1n) is 4.93. The summed E-state index contributed by atoms with van der Waals surface area (Å²) in [6, 6.07) is 8.95. The van der Waals surface area contributed by atoms with Gasteiger partial charge in [0.05, 0.1) is 18.1 Å². The Labute approximate surface area is 94.5 Å². The maximum absolute atomic E-state index is 10.6. The molecule has 0 spiro atoms. The lowest BCUT2D eigenvalue weighted by Gasteiger charge is -2.25. The van der Waals surface area contributed by atoms with Gasteiger partial charge in [-0.2, -0.15) is 5.26 Å². The summed E-state index contributed by atoms with van der Waals surface area (Å²) in [5.41, 5.74) is 0.881. The molecule has 1 rings (SSSR count). The molecule has 0 aliphatic carbocycles. The molecule has 0 atom stereocenters. The number of benzene rings is 1. The van der Waals surface area contributed by atoms with Crippen molar-refractivity contribution in [2.45, 2.75) is 25.8 Å². The fourth-order valence-electron chi connectivity index (χ4n) is 1.44. The van der Waals surface area contributed by atoms with E-state index >= 15 is 0 Å². The van der Waals surface area contributed by atoms with Crippen molar-refractivity contribution >= 4 is 11.7 Å². The fourth-order valence-corrected chi connectivity index (χ4v) is 1.44. The van der Waals surface area contributed by atoms with Gasteiger partial charge in [0.15, 0.2) is 0 Å². The van der Waals surface area contributed by atoms with Crippen molar-refractivity contribution in [3.8, 4) is 6.07 Å². The van der Waals surface area contributed by atoms with Gasteiger partial charge in [-0.05, 0) is 38.1 Å². The SMILES string of the molecule is CC(C)(CC(=O)O)Nc1ccc(C#N)cc1. The summed E-state index contributed by atoms with van der Waals surface area (Å²) in [7, 11) is 0. The first-order chi connectivity index (χ1) is 7.43. The van der Waals surface area contributed by atoms with Crippen LogP contribution in [0.15, 0.2) is 24.3 Å². The quantitative estimate of drug-likeness (QED) is 0.812. The summed E-state index contributed by atoms with van der Waals surface area (Å²) in [6.45, 7) is 3.64. The zero-order valence-electron chi connectivity index (χ0n) is 9.32. The molecule has 0 aromatic heterocycles. The highest BCUT2D eigenvalue weighted by molar-refractivity contribution is 5.69. The number of carboxylic acids is 1. The van der Waals surface area contributed by atoms with Gasteiger partial charge in [-0.3, -0.25) is 4.79 Å². The van der Waals surface area contributed by atoms with E-state index in [0.717, 1.165) is 5.69 Å². The van der Waals surface area contributed by atoms with E-state index in [0.29, 0.717) is 5.56 Å². The molecular formula is C12H14N2O2. The van der Waals surface area contributed by atoms with Crippen molar-refractivity contribution < 1.29 is 9.90 Å². The lowest BCUT2D eigenvalue weighted by Crippen LogP contribution is -2.33. The topological polar surface area (TPSA) is 73.1 Å². The lowest BCUT2D eigenvalue weighted by molar-refractivity contribution is -0.137. The molecule has 1 aromatic rings. The number of nitriles is 1. The number of carbonyl (C=O) groups is 1. The highest BCUT2D eigenvalue weighted by Gasteiger charge is 2.21. The van der Waals surface area contributed by atoms with Gasteiger partial charge in [-0.25, -0.2) is 0 Å². The Morgan fingerprint density at radius 1 is 1.44 bits per heavy atom. The van der Waals surface area contributed by atoms with Crippen LogP contribution in [-0.4, -0.2) is 16.6 Å². The van der Waals surface area contributed by atoms with Crippen LogP contribution >= 0.6 is 0 Å². The van der Waals surface area contributed by atoms with Crippen molar-refractivity contribution in [3.05, 3.63) is 29.8 Å². The number of anilines is 1. The molecular weight excluding hydrogens is 204 g/mol. The molecule has 0 aliphatic rings. The third kappa shape index (κ3) is 3.62. The number of hydrogen-bond acceptors (Lipinski definition) is 3. The van der Waals surface area contributed by atoms with E-state index in [4.69, 9.17) is 10.4 Å². The van der Waals surface area contributed by atoms with E-state index in [1.54, 1.807) is 24.3 Å². The second-order valence-electron chi connectivity index (χ2n) is 4.27. The van der Waals surface area contributed by atoms with Crippen LogP contribution in [0.3, 0.4) is 0 Å². The second-order valence-corrected chi connectivity index (χ2v) is 4.27. The van der Waals surface area contributed by atoms with Gasteiger partial charge in [0.25, 0.3) is 0 Å². The average Bonchev–Trinajstić information content (AvgIpc) is 2.16. The van der Waals surface area contributed by atoms with Crippen molar-refractivity contribution in [3.63, 3.8) is 0 Å². The molecule has 0 aliphatic heterocycles. The number of nitrogens with zero attached hydrogens (tertiary/aromatic N) is 1. The van der Waals surface area contributed by atoms with E-state index in [1.165, 1.54) is 0 Å². The number of carboxylic acid groups (broad SMARTS) is 1. The molecule has 84 valence electrons. The van der Waals surface area contributed by atoms with Crippen LogP contribution in [-0.2, 0) is 4.79 Å². The van der Waals surface area contributed by atoms with Gasteiger partial charge in [-0.1, -0.05) is 0 Å². The van der Waals surface area contributed by atoms with Crippen LogP contribution in [0.25, 0.3) is 0 Å². The second kappa shape index (κ2) is 4.67. The zero-order valence-corrected chi connectivity index (χ0v) is 9.32. The maximum Gasteiger partial charge on any atom is 0.305 e.